The summed E-state index contributed by atoms with van der Waals surface area (Å²) in [5.41, 5.74) is 0.986. The Morgan fingerprint density at radius 1 is 1.15 bits per heavy atom. The molecule has 0 atom stereocenters. The van der Waals surface area contributed by atoms with Gasteiger partial charge in [-0.15, -0.1) is 0 Å². The number of nitrogens with one attached hydrogen (secondary N) is 1. The monoisotopic (exact) mass is 293 g/mol. The largest absolute Gasteiger partial charge is 0.490 e. The lowest BCUT2D eigenvalue weighted by molar-refractivity contribution is -0.186. The summed E-state index contributed by atoms with van der Waals surface area (Å²) < 4.78 is 50.7. The molecular formula is C13H18F3NO3. The van der Waals surface area contributed by atoms with Crippen molar-refractivity contribution in [2.24, 2.45) is 0 Å². The molecule has 7 heteroatoms. The minimum absolute atomic E-state index is 0.355. The van der Waals surface area contributed by atoms with Crippen LogP contribution in [0.25, 0.3) is 0 Å². The van der Waals surface area contributed by atoms with Crippen LogP contribution in [0.3, 0.4) is 0 Å². The lowest BCUT2D eigenvalue weighted by Gasteiger charge is -2.14. The molecule has 0 bridgehead atoms. The van der Waals surface area contributed by atoms with E-state index in [9.17, 15) is 13.2 Å². The fraction of sp³-hybridized carbons (Fsp3) is 0.538. The normalized spacial score (nSPS) is 11.4. The van der Waals surface area contributed by atoms with Gasteiger partial charge in [0.15, 0.2) is 18.3 Å². The van der Waals surface area contributed by atoms with Gasteiger partial charge in [0.2, 0.25) is 0 Å². The third kappa shape index (κ3) is 6.12. The highest BCUT2D eigenvalue weighted by Crippen LogP contribution is 2.28. The highest BCUT2D eigenvalue weighted by molar-refractivity contribution is 5.43. The smallest absolute Gasteiger partial charge is 0.411 e. The maximum atomic E-state index is 11.9. The van der Waals surface area contributed by atoms with E-state index in [0.717, 1.165) is 5.56 Å². The second-order valence-electron chi connectivity index (χ2n) is 3.97. The van der Waals surface area contributed by atoms with E-state index < -0.39 is 19.6 Å². The first kappa shape index (κ1) is 16.6. The van der Waals surface area contributed by atoms with Gasteiger partial charge in [0, 0.05) is 6.54 Å². The molecule has 20 heavy (non-hydrogen) atoms. The molecule has 0 spiro atoms. The van der Waals surface area contributed by atoms with Gasteiger partial charge in [0.1, 0.15) is 6.61 Å². The summed E-state index contributed by atoms with van der Waals surface area (Å²) in [6, 6.07) is 5.23. The van der Waals surface area contributed by atoms with Crippen molar-refractivity contribution in [1.29, 1.82) is 0 Å². The van der Waals surface area contributed by atoms with Gasteiger partial charge in [-0.1, -0.05) is 6.07 Å². The Kier molecular flexibility index (Phi) is 6.60. The number of ether oxygens (including phenoxy) is 3. The fourth-order valence-electron chi connectivity index (χ4n) is 1.52. The van der Waals surface area contributed by atoms with Crippen LogP contribution >= 0.6 is 0 Å². The SMILES string of the molecule is CCOc1cc(CNC)ccc1OCOCC(F)(F)F. The van der Waals surface area contributed by atoms with E-state index in [1.165, 1.54) is 0 Å². The van der Waals surface area contributed by atoms with Crippen molar-refractivity contribution < 1.29 is 27.4 Å². The average molecular weight is 293 g/mol. The van der Waals surface area contributed by atoms with E-state index in [2.05, 4.69) is 10.1 Å². The lowest BCUT2D eigenvalue weighted by Crippen LogP contribution is -2.19. The molecule has 0 fully saturated rings. The predicted molar refractivity (Wildman–Crippen MR) is 67.9 cm³/mol. The molecular weight excluding hydrogens is 275 g/mol. The quantitative estimate of drug-likeness (QED) is 0.591. The van der Waals surface area contributed by atoms with Gasteiger partial charge in [-0.05, 0) is 31.7 Å². The van der Waals surface area contributed by atoms with Crippen LogP contribution in [0.4, 0.5) is 13.2 Å². The highest BCUT2D eigenvalue weighted by atomic mass is 19.4. The van der Waals surface area contributed by atoms with Gasteiger partial charge in [0.05, 0.1) is 6.61 Å². The zero-order valence-electron chi connectivity index (χ0n) is 11.4. The molecule has 0 saturated heterocycles. The number of alkyl halides is 3. The van der Waals surface area contributed by atoms with Crippen molar-refractivity contribution in [2.45, 2.75) is 19.6 Å². The molecule has 1 aromatic carbocycles. The molecule has 4 nitrogen and oxygen atoms in total. The molecule has 1 aromatic rings. The van der Waals surface area contributed by atoms with Crippen LogP contribution < -0.4 is 14.8 Å². The third-order valence-corrected chi connectivity index (χ3v) is 2.25. The summed E-state index contributed by atoms with van der Waals surface area (Å²) >= 11 is 0. The number of hydrogen-bond donors (Lipinski definition) is 1. The Morgan fingerprint density at radius 2 is 1.90 bits per heavy atom. The topological polar surface area (TPSA) is 39.7 Å². The van der Waals surface area contributed by atoms with Crippen LogP contribution in [-0.4, -0.2) is 33.2 Å². The molecule has 0 aromatic heterocycles. The molecule has 1 N–H and O–H groups in total. The van der Waals surface area contributed by atoms with Gasteiger partial charge in [-0.25, -0.2) is 0 Å². The second kappa shape index (κ2) is 7.96. The molecule has 0 saturated carbocycles. The summed E-state index contributed by atoms with van der Waals surface area (Å²) in [7, 11) is 1.82. The van der Waals surface area contributed by atoms with Crippen LogP contribution in [-0.2, 0) is 11.3 Å². The molecule has 0 aliphatic rings. The maximum Gasteiger partial charge on any atom is 0.411 e. The van der Waals surface area contributed by atoms with E-state index in [4.69, 9.17) is 9.47 Å². The van der Waals surface area contributed by atoms with E-state index in [1.54, 1.807) is 18.2 Å². The van der Waals surface area contributed by atoms with E-state index in [-0.39, 0.29) is 0 Å². The third-order valence-electron chi connectivity index (χ3n) is 2.25. The van der Waals surface area contributed by atoms with E-state index >= 15 is 0 Å². The molecule has 1 rings (SSSR count). The van der Waals surface area contributed by atoms with Crippen molar-refractivity contribution in [1.82, 2.24) is 5.32 Å². The van der Waals surface area contributed by atoms with E-state index in [0.29, 0.717) is 24.7 Å². The average Bonchev–Trinajstić information content (AvgIpc) is 2.36. The zero-order chi connectivity index (χ0) is 15.0. The van der Waals surface area contributed by atoms with Crippen LogP contribution in [0.5, 0.6) is 11.5 Å². The van der Waals surface area contributed by atoms with Crippen molar-refractivity contribution in [3.8, 4) is 11.5 Å². The first-order valence-corrected chi connectivity index (χ1v) is 6.14. The number of rotatable bonds is 8. The van der Waals surface area contributed by atoms with Crippen LogP contribution in [0.15, 0.2) is 18.2 Å². The predicted octanol–water partition coefficient (Wildman–Crippen LogP) is 2.72. The van der Waals surface area contributed by atoms with Gasteiger partial charge in [0.25, 0.3) is 0 Å². The fourth-order valence-corrected chi connectivity index (χ4v) is 1.52. The Hall–Kier alpha value is -1.47. The Morgan fingerprint density at radius 3 is 2.50 bits per heavy atom. The number of hydrogen-bond acceptors (Lipinski definition) is 4. The van der Waals surface area contributed by atoms with Crippen LogP contribution in [0, 0.1) is 0 Å². The van der Waals surface area contributed by atoms with Crippen molar-refractivity contribution >= 4 is 0 Å². The first-order chi connectivity index (χ1) is 9.46. The molecule has 0 amide bonds. The zero-order valence-corrected chi connectivity index (χ0v) is 11.4. The Labute approximate surface area is 115 Å². The molecule has 0 aliphatic carbocycles. The second-order valence-corrected chi connectivity index (χ2v) is 3.97. The van der Waals surface area contributed by atoms with Gasteiger partial charge >= 0.3 is 6.18 Å². The summed E-state index contributed by atoms with van der Waals surface area (Å²) in [4.78, 5) is 0. The molecule has 0 unspecified atom stereocenters. The summed E-state index contributed by atoms with van der Waals surface area (Å²) in [5.74, 6) is 0.838. The molecule has 114 valence electrons. The van der Waals surface area contributed by atoms with Crippen molar-refractivity contribution in [3.63, 3.8) is 0 Å². The molecule has 0 aliphatic heterocycles. The number of halogens is 3. The molecule has 0 heterocycles. The Bertz CT molecular complexity index is 410. The summed E-state index contributed by atoms with van der Waals surface area (Å²) in [6.07, 6.45) is -4.36. The van der Waals surface area contributed by atoms with Gasteiger partial charge in [-0.3, -0.25) is 0 Å². The summed E-state index contributed by atoms with van der Waals surface area (Å²) in [5, 5.41) is 3.00. The minimum Gasteiger partial charge on any atom is -0.490 e. The van der Waals surface area contributed by atoms with Gasteiger partial charge < -0.3 is 19.5 Å². The number of benzene rings is 1. The Balaban J connectivity index is 2.59. The lowest BCUT2D eigenvalue weighted by atomic mass is 10.2. The van der Waals surface area contributed by atoms with Gasteiger partial charge in [-0.2, -0.15) is 13.2 Å². The van der Waals surface area contributed by atoms with Crippen molar-refractivity contribution in [2.75, 3.05) is 27.1 Å². The van der Waals surface area contributed by atoms with E-state index in [1.807, 2.05) is 14.0 Å². The highest BCUT2D eigenvalue weighted by Gasteiger charge is 2.27. The van der Waals surface area contributed by atoms with Crippen LogP contribution in [0.2, 0.25) is 0 Å². The summed E-state index contributed by atoms with van der Waals surface area (Å²) in [6.45, 7) is 1.09. The standard InChI is InChI=1S/C13H18F3NO3/c1-3-19-12-6-10(7-17-2)4-5-11(12)20-9-18-8-13(14,15)16/h4-6,17H,3,7-9H2,1-2H3. The van der Waals surface area contributed by atoms with Crippen LogP contribution in [0.1, 0.15) is 12.5 Å². The molecule has 0 radical (unpaired) electrons. The minimum atomic E-state index is -4.36. The first-order valence-electron chi connectivity index (χ1n) is 6.14. The maximum absolute atomic E-state index is 11.9. The van der Waals surface area contributed by atoms with Crippen molar-refractivity contribution in [3.05, 3.63) is 23.8 Å².